The van der Waals surface area contributed by atoms with Gasteiger partial charge in [0.1, 0.15) is 0 Å². The SMILES string of the molecule is CCNC(=O)CCN1CCC2(CC1)CC(c1ccccc1)C(=O)N(CC)C2. The lowest BCUT2D eigenvalue weighted by atomic mass is 9.67. The summed E-state index contributed by atoms with van der Waals surface area (Å²) in [6.45, 7) is 9.28. The lowest BCUT2D eigenvalue weighted by molar-refractivity contribution is -0.141. The van der Waals surface area contributed by atoms with Crippen LogP contribution in [0.4, 0.5) is 0 Å². The Morgan fingerprint density at radius 3 is 2.52 bits per heavy atom. The predicted octanol–water partition coefficient (Wildman–Crippen LogP) is 2.63. The number of hydrogen-bond acceptors (Lipinski definition) is 3. The molecule has 3 rings (SSSR count). The molecular weight excluding hydrogens is 338 g/mol. The molecule has 1 unspecified atom stereocenters. The number of carbonyl (C=O) groups is 2. The molecule has 5 nitrogen and oxygen atoms in total. The molecule has 1 spiro atoms. The second-order valence-electron chi connectivity index (χ2n) is 8.06. The van der Waals surface area contributed by atoms with Crippen LogP contribution in [0.1, 0.15) is 51.0 Å². The van der Waals surface area contributed by atoms with E-state index in [-0.39, 0.29) is 23.1 Å². The average molecular weight is 372 g/mol. The van der Waals surface area contributed by atoms with Crippen molar-refractivity contribution < 1.29 is 9.59 Å². The van der Waals surface area contributed by atoms with Gasteiger partial charge in [-0.25, -0.2) is 0 Å². The van der Waals surface area contributed by atoms with Gasteiger partial charge in [0, 0.05) is 32.6 Å². The van der Waals surface area contributed by atoms with Crippen LogP contribution >= 0.6 is 0 Å². The van der Waals surface area contributed by atoms with Gasteiger partial charge in [0.25, 0.3) is 0 Å². The number of rotatable bonds is 6. The number of piperidine rings is 2. The van der Waals surface area contributed by atoms with Crippen LogP contribution in [-0.2, 0) is 9.59 Å². The molecule has 2 fully saturated rings. The Kier molecular flexibility index (Phi) is 6.53. The summed E-state index contributed by atoms with van der Waals surface area (Å²) in [5, 5.41) is 2.87. The van der Waals surface area contributed by atoms with E-state index in [1.807, 2.05) is 25.1 Å². The zero-order valence-electron chi connectivity index (χ0n) is 16.7. The van der Waals surface area contributed by atoms with Crippen LogP contribution in [0.5, 0.6) is 0 Å². The topological polar surface area (TPSA) is 52.7 Å². The number of amides is 2. The summed E-state index contributed by atoms with van der Waals surface area (Å²) in [6.07, 6.45) is 3.74. The van der Waals surface area contributed by atoms with E-state index in [2.05, 4.69) is 34.2 Å². The maximum Gasteiger partial charge on any atom is 0.230 e. The second kappa shape index (κ2) is 8.87. The van der Waals surface area contributed by atoms with Gasteiger partial charge in [-0.1, -0.05) is 30.3 Å². The van der Waals surface area contributed by atoms with E-state index in [9.17, 15) is 9.59 Å². The number of carbonyl (C=O) groups excluding carboxylic acids is 2. The van der Waals surface area contributed by atoms with E-state index < -0.39 is 0 Å². The van der Waals surface area contributed by atoms with Gasteiger partial charge in [-0.2, -0.15) is 0 Å². The first-order chi connectivity index (χ1) is 13.1. The molecule has 0 aliphatic carbocycles. The van der Waals surface area contributed by atoms with E-state index >= 15 is 0 Å². The molecule has 0 bridgehead atoms. The van der Waals surface area contributed by atoms with Crippen molar-refractivity contribution in [2.75, 3.05) is 39.3 Å². The molecule has 0 radical (unpaired) electrons. The van der Waals surface area contributed by atoms with E-state index in [4.69, 9.17) is 0 Å². The van der Waals surface area contributed by atoms with Crippen molar-refractivity contribution in [2.24, 2.45) is 5.41 Å². The Balaban J connectivity index is 1.64. The highest BCUT2D eigenvalue weighted by molar-refractivity contribution is 5.84. The summed E-state index contributed by atoms with van der Waals surface area (Å²) in [7, 11) is 0. The van der Waals surface area contributed by atoms with Gasteiger partial charge in [-0.15, -0.1) is 0 Å². The Hall–Kier alpha value is -1.88. The summed E-state index contributed by atoms with van der Waals surface area (Å²) in [6, 6.07) is 10.3. The second-order valence-corrected chi connectivity index (χ2v) is 8.06. The van der Waals surface area contributed by atoms with Crippen molar-refractivity contribution >= 4 is 11.8 Å². The number of benzene rings is 1. The fourth-order valence-corrected chi connectivity index (χ4v) is 4.66. The molecule has 2 aliphatic rings. The van der Waals surface area contributed by atoms with Crippen LogP contribution in [0, 0.1) is 5.41 Å². The van der Waals surface area contributed by atoms with Gasteiger partial charge in [-0.3, -0.25) is 9.59 Å². The summed E-state index contributed by atoms with van der Waals surface area (Å²) in [5.74, 6) is 0.414. The lowest BCUT2D eigenvalue weighted by Gasteiger charge is -2.49. The summed E-state index contributed by atoms with van der Waals surface area (Å²) < 4.78 is 0. The standard InChI is InChI=1S/C22H33N3O2/c1-3-23-20(26)10-13-24-14-11-22(12-15-24)16-19(18-8-6-5-7-9-18)21(27)25(4-2)17-22/h5-9,19H,3-4,10-17H2,1-2H3,(H,23,26). The first kappa shape index (κ1) is 19.9. The monoisotopic (exact) mass is 371 g/mol. The number of nitrogens with one attached hydrogen (secondary N) is 1. The number of likely N-dealkylation sites (tertiary alicyclic amines) is 2. The maximum atomic E-state index is 13.0. The number of likely N-dealkylation sites (N-methyl/N-ethyl adjacent to an activating group) is 1. The molecule has 1 atom stereocenters. The van der Waals surface area contributed by atoms with Crippen LogP contribution in [0.25, 0.3) is 0 Å². The van der Waals surface area contributed by atoms with Crippen molar-refractivity contribution in [2.45, 2.75) is 45.4 Å². The first-order valence-electron chi connectivity index (χ1n) is 10.4. The van der Waals surface area contributed by atoms with Crippen molar-refractivity contribution in [1.82, 2.24) is 15.1 Å². The van der Waals surface area contributed by atoms with Gasteiger partial charge in [-0.05, 0) is 57.2 Å². The van der Waals surface area contributed by atoms with Crippen molar-refractivity contribution in [1.29, 1.82) is 0 Å². The molecular formula is C22H33N3O2. The Labute approximate surface area is 163 Å². The zero-order valence-corrected chi connectivity index (χ0v) is 16.7. The van der Waals surface area contributed by atoms with Crippen molar-refractivity contribution in [3.8, 4) is 0 Å². The molecule has 1 aromatic rings. The van der Waals surface area contributed by atoms with Crippen LogP contribution < -0.4 is 5.32 Å². The molecule has 0 aromatic heterocycles. The Morgan fingerprint density at radius 1 is 1.19 bits per heavy atom. The van der Waals surface area contributed by atoms with Crippen LogP contribution in [-0.4, -0.2) is 60.9 Å². The minimum atomic E-state index is -0.0122. The smallest absolute Gasteiger partial charge is 0.230 e. The molecule has 2 amide bonds. The Morgan fingerprint density at radius 2 is 1.89 bits per heavy atom. The minimum absolute atomic E-state index is 0.0122. The van der Waals surface area contributed by atoms with Crippen LogP contribution in [0.2, 0.25) is 0 Å². The highest BCUT2D eigenvalue weighted by Crippen LogP contribution is 2.45. The first-order valence-corrected chi connectivity index (χ1v) is 10.4. The summed E-state index contributed by atoms with van der Waals surface area (Å²) >= 11 is 0. The molecule has 2 heterocycles. The number of nitrogens with zero attached hydrogens (tertiary/aromatic N) is 2. The highest BCUT2D eigenvalue weighted by atomic mass is 16.2. The van der Waals surface area contributed by atoms with Crippen molar-refractivity contribution in [3.05, 3.63) is 35.9 Å². The van der Waals surface area contributed by atoms with Gasteiger partial charge < -0.3 is 15.1 Å². The molecule has 2 aliphatic heterocycles. The fraction of sp³-hybridized carbons (Fsp3) is 0.636. The van der Waals surface area contributed by atoms with Gasteiger partial charge >= 0.3 is 0 Å². The van der Waals surface area contributed by atoms with Gasteiger partial charge in [0.05, 0.1) is 5.92 Å². The third kappa shape index (κ3) is 4.70. The largest absolute Gasteiger partial charge is 0.356 e. The summed E-state index contributed by atoms with van der Waals surface area (Å²) in [5.41, 5.74) is 1.37. The normalized spacial score (nSPS) is 22.8. The van der Waals surface area contributed by atoms with Crippen LogP contribution in [0.3, 0.4) is 0 Å². The molecule has 1 aromatic carbocycles. The van der Waals surface area contributed by atoms with E-state index in [1.54, 1.807) is 0 Å². The fourth-order valence-electron chi connectivity index (χ4n) is 4.66. The van der Waals surface area contributed by atoms with Crippen molar-refractivity contribution in [3.63, 3.8) is 0 Å². The predicted molar refractivity (Wildman–Crippen MR) is 107 cm³/mol. The molecule has 148 valence electrons. The van der Waals surface area contributed by atoms with Crippen LogP contribution in [0.15, 0.2) is 30.3 Å². The maximum absolute atomic E-state index is 13.0. The molecule has 2 saturated heterocycles. The van der Waals surface area contributed by atoms with Gasteiger partial charge in [0.15, 0.2) is 0 Å². The van der Waals surface area contributed by atoms with E-state index in [0.717, 1.165) is 57.5 Å². The third-order valence-electron chi connectivity index (χ3n) is 6.30. The van der Waals surface area contributed by atoms with E-state index in [1.165, 1.54) is 0 Å². The quantitative estimate of drug-likeness (QED) is 0.836. The Bertz CT molecular complexity index is 638. The molecule has 1 N–H and O–H groups in total. The summed E-state index contributed by atoms with van der Waals surface area (Å²) in [4.78, 5) is 29.1. The molecule has 27 heavy (non-hydrogen) atoms. The molecule has 0 saturated carbocycles. The molecule has 5 heteroatoms. The number of hydrogen-bond donors (Lipinski definition) is 1. The lowest BCUT2D eigenvalue weighted by Crippen LogP contribution is -2.54. The van der Waals surface area contributed by atoms with Gasteiger partial charge in [0.2, 0.25) is 11.8 Å². The third-order valence-corrected chi connectivity index (χ3v) is 6.30. The zero-order chi connectivity index (χ0) is 19.3. The minimum Gasteiger partial charge on any atom is -0.356 e. The average Bonchev–Trinajstić information content (AvgIpc) is 2.70. The van der Waals surface area contributed by atoms with E-state index in [0.29, 0.717) is 13.0 Å². The highest BCUT2D eigenvalue weighted by Gasteiger charge is 2.45.